The summed E-state index contributed by atoms with van der Waals surface area (Å²) in [6.07, 6.45) is 1.11. The molecule has 0 rings (SSSR count). The van der Waals surface area contributed by atoms with Crippen molar-refractivity contribution in [2.45, 2.75) is 39.3 Å². The molecule has 0 radical (unpaired) electrons. The molecule has 4 heteroatoms. The number of nitrogens with zero attached hydrogens (tertiary/aromatic N) is 1. The highest BCUT2D eigenvalue weighted by atomic mass is 16.5. The van der Waals surface area contributed by atoms with E-state index in [4.69, 9.17) is 9.84 Å². The van der Waals surface area contributed by atoms with E-state index in [-0.39, 0.29) is 6.10 Å². The minimum absolute atomic E-state index is 0.247. The second kappa shape index (κ2) is 6.79. The Morgan fingerprint density at radius 2 is 2.00 bits per heavy atom. The first kappa shape index (κ1) is 13.4. The van der Waals surface area contributed by atoms with Crippen LogP contribution in [0.15, 0.2) is 0 Å². The SMILES string of the molecule is CC(C)OCCCN(C)C(C)C(=O)O. The van der Waals surface area contributed by atoms with Crippen LogP contribution in [0.1, 0.15) is 27.2 Å². The third-order valence-electron chi connectivity index (χ3n) is 2.12. The summed E-state index contributed by atoms with van der Waals surface area (Å²) in [4.78, 5) is 12.4. The van der Waals surface area contributed by atoms with E-state index >= 15 is 0 Å². The summed E-state index contributed by atoms with van der Waals surface area (Å²) in [7, 11) is 1.81. The molecule has 0 aliphatic heterocycles. The number of likely N-dealkylation sites (N-methyl/N-ethyl adjacent to an activating group) is 1. The molecule has 0 aromatic rings. The van der Waals surface area contributed by atoms with E-state index in [1.54, 1.807) is 6.92 Å². The fourth-order valence-corrected chi connectivity index (χ4v) is 1.02. The van der Waals surface area contributed by atoms with Crippen molar-refractivity contribution < 1.29 is 14.6 Å². The van der Waals surface area contributed by atoms with Gasteiger partial charge in [0, 0.05) is 13.2 Å². The summed E-state index contributed by atoms with van der Waals surface area (Å²) in [6.45, 7) is 7.10. The fraction of sp³-hybridized carbons (Fsp3) is 0.900. The van der Waals surface area contributed by atoms with Gasteiger partial charge in [0.2, 0.25) is 0 Å². The summed E-state index contributed by atoms with van der Waals surface area (Å²) < 4.78 is 5.36. The lowest BCUT2D eigenvalue weighted by Gasteiger charge is -2.21. The van der Waals surface area contributed by atoms with Gasteiger partial charge in [-0.2, -0.15) is 0 Å². The lowest BCUT2D eigenvalue weighted by Crippen LogP contribution is -2.36. The molecule has 0 spiro atoms. The van der Waals surface area contributed by atoms with Gasteiger partial charge in [-0.25, -0.2) is 0 Å². The van der Waals surface area contributed by atoms with Crippen LogP contribution in [0, 0.1) is 0 Å². The largest absolute Gasteiger partial charge is 0.480 e. The molecule has 1 atom stereocenters. The van der Waals surface area contributed by atoms with Crippen molar-refractivity contribution in [1.29, 1.82) is 0 Å². The van der Waals surface area contributed by atoms with Gasteiger partial charge in [0.15, 0.2) is 0 Å². The Morgan fingerprint density at radius 3 is 2.43 bits per heavy atom. The van der Waals surface area contributed by atoms with E-state index in [9.17, 15) is 4.79 Å². The number of hydrogen-bond acceptors (Lipinski definition) is 3. The third kappa shape index (κ3) is 5.94. The predicted molar refractivity (Wildman–Crippen MR) is 55.4 cm³/mol. The van der Waals surface area contributed by atoms with Crippen LogP contribution < -0.4 is 0 Å². The molecular weight excluding hydrogens is 182 g/mol. The maximum absolute atomic E-state index is 10.6. The molecule has 1 N–H and O–H groups in total. The Bertz CT molecular complexity index is 171. The topological polar surface area (TPSA) is 49.8 Å². The molecule has 84 valence electrons. The smallest absolute Gasteiger partial charge is 0.320 e. The molecule has 0 aliphatic carbocycles. The number of rotatable bonds is 7. The normalized spacial score (nSPS) is 13.6. The molecule has 0 amide bonds. The van der Waals surface area contributed by atoms with Crippen molar-refractivity contribution in [3.8, 4) is 0 Å². The number of carbonyl (C=O) groups is 1. The summed E-state index contributed by atoms with van der Waals surface area (Å²) in [5.74, 6) is -0.780. The standard InChI is InChI=1S/C10H21NO3/c1-8(2)14-7-5-6-11(4)9(3)10(12)13/h8-9H,5-7H2,1-4H3,(H,12,13). The average Bonchev–Trinajstić information content (AvgIpc) is 2.10. The minimum atomic E-state index is -0.780. The Morgan fingerprint density at radius 1 is 1.43 bits per heavy atom. The molecular formula is C10H21NO3. The van der Waals surface area contributed by atoms with Gasteiger partial charge in [0.25, 0.3) is 0 Å². The first-order valence-corrected chi connectivity index (χ1v) is 4.99. The summed E-state index contributed by atoms with van der Waals surface area (Å²) in [5.41, 5.74) is 0. The Hall–Kier alpha value is -0.610. The Kier molecular flexibility index (Phi) is 6.49. The summed E-state index contributed by atoms with van der Waals surface area (Å²) >= 11 is 0. The summed E-state index contributed by atoms with van der Waals surface area (Å²) in [6, 6.07) is -0.422. The third-order valence-corrected chi connectivity index (χ3v) is 2.12. The van der Waals surface area contributed by atoms with Crippen molar-refractivity contribution in [3.63, 3.8) is 0 Å². The average molecular weight is 203 g/mol. The number of carboxylic acid groups (broad SMARTS) is 1. The maximum Gasteiger partial charge on any atom is 0.320 e. The van der Waals surface area contributed by atoms with E-state index in [1.165, 1.54) is 0 Å². The maximum atomic E-state index is 10.6. The first-order chi connectivity index (χ1) is 6.45. The molecule has 0 saturated heterocycles. The van der Waals surface area contributed by atoms with Crippen LogP contribution in [0.4, 0.5) is 0 Å². The molecule has 0 heterocycles. The Balaban J connectivity index is 3.53. The molecule has 4 nitrogen and oxygen atoms in total. The minimum Gasteiger partial charge on any atom is -0.480 e. The van der Waals surface area contributed by atoms with Gasteiger partial charge in [0.05, 0.1) is 6.10 Å². The van der Waals surface area contributed by atoms with Crippen LogP contribution in [-0.4, -0.2) is 48.3 Å². The molecule has 14 heavy (non-hydrogen) atoms. The molecule has 0 fully saturated rings. The highest BCUT2D eigenvalue weighted by Gasteiger charge is 2.15. The van der Waals surface area contributed by atoms with Gasteiger partial charge in [0.1, 0.15) is 6.04 Å². The molecule has 0 aliphatic rings. The highest BCUT2D eigenvalue weighted by Crippen LogP contribution is 1.98. The Labute approximate surface area is 85.9 Å². The fourth-order valence-electron chi connectivity index (χ4n) is 1.02. The van der Waals surface area contributed by atoms with Crippen LogP contribution in [0.2, 0.25) is 0 Å². The highest BCUT2D eigenvalue weighted by molar-refractivity contribution is 5.72. The number of ether oxygens (including phenoxy) is 1. The van der Waals surface area contributed by atoms with Crippen LogP contribution in [-0.2, 0) is 9.53 Å². The van der Waals surface area contributed by atoms with Gasteiger partial charge >= 0.3 is 5.97 Å². The van der Waals surface area contributed by atoms with Gasteiger partial charge < -0.3 is 9.84 Å². The van der Waals surface area contributed by atoms with E-state index in [0.717, 1.165) is 13.0 Å². The predicted octanol–water partition coefficient (Wildman–Crippen LogP) is 1.21. The van der Waals surface area contributed by atoms with Gasteiger partial charge in [-0.3, -0.25) is 9.69 Å². The van der Waals surface area contributed by atoms with Crippen LogP contribution in [0.3, 0.4) is 0 Å². The lowest BCUT2D eigenvalue weighted by atomic mass is 10.3. The van der Waals surface area contributed by atoms with Crippen LogP contribution in [0.25, 0.3) is 0 Å². The van der Waals surface area contributed by atoms with E-state index < -0.39 is 12.0 Å². The van der Waals surface area contributed by atoms with Crippen LogP contribution >= 0.6 is 0 Å². The molecule has 0 saturated carbocycles. The van der Waals surface area contributed by atoms with Crippen molar-refractivity contribution in [2.75, 3.05) is 20.2 Å². The summed E-state index contributed by atoms with van der Waals surface area (Å²) in [5, 5.41) is 8.72. The van der Waals surface area contributed by atoms with E-state index in [0.29, 0.717) is 6.61 Å². The lowest BCUT2D eigenvalue weighted by molar-refractivity contribution is -0.142. The van der Waals surface area contributed by atoms with Crippen molar-refractivity contribution in [2.24, 2.45) is 0 Å². The monoisotopic (exact) mass is 203 g/mol. The zero-order valence-corrected chi connectivity index (χ0v) is 9.49. The molecule has 1 unspecified atom stereocenters. The molecule has 0 aromatic heterocycles. The van der Waals surface area contributed by atoms with Gasteiger partial charge in [-0.05, 0) is 34.2 Å². The van der Waals surface area contributed by atoms with E-state index in [2.05, 4.69) is 0 Å². The van der Waals surface area contributed by atoms with Crippen LogP contribution in [0.5, 0.6) is 0 Å². The number of carboxylic acids is 1. The second-order valence-corrected chi connectivity index (χ2v) is 3.77. The number of aliphatic carboxylic acids is 1. The van der Waals surface area contributed by atoms with Crippen molar-refractivity contribution in [1.82, 2.24) is 4.90 Å². The number of hydrogen-bond donors (Lipinski definition) is 1. The van der Waals surface area contributed by atoms with Crippen molar-refractivity contribution >= 4 is 5.97 Å². The quantitative estimate of drug-likeness (QED) is 0.632. The van der Waals surface area contributed by atoms with Gasteiger partial charge in [-0.15, -0.1) is 0 Å². The van der Waals surface area contributed by atoms with Crippen molar-refractivity contribution in [3.05, 3.63) is 0 Å². The second-order valence-electron chi connectivity index (χ2n) is 3.77. The zero-order valence-electron chi connectivity index (χ0n) is 9.49. The first-order valence-electron chi connectivity index (χ1n) is 4.99. The zero-order chi connectivity index (χ0) is 11.1. The molecule has 0 bridgehead atoms. The molecule has 0 aromatic carbocycles. The van der Waals surface area contributed by atoms with Gasteiger partial charge in [-0.1, -0.05) is 0 Å². The van der Waals surface area contributed by atoms with E-state index in [1.807, 2.05) is 25.8 Å².